The van der Waals surface area contributed by atoms with Crippen molar-refractivity contribution >= 4 is 22.4 Å². The minimum atomic E-state index is 0.288. The van der Waals surface area contributed by atoms with Crippen LogP contribution in [0.5, 0.6) is 5.75 Å². The van der Waals surface area contributed by atoms with Crippen molar-refractivity contribution in [3.05, 3.63) is 35.7 Å². The number of likely N-dealkylation sites (N-methyl/N-ethyl adjacent to an activating group) is 1. The molecule has 0 spiro atoms. The topological polar surface area (TPSA) is 41.3 Å². The van der Waals surface area contributed by atoms with Crippen LogP contribution in [0.25, 0.3) is 21.7 Å². The maximum Gasteiger partial charge on any atom is 0.151 e. The van der Waals surface area contributed by atoms with Crippen LogP contribution in [0, 0.1) is 0 Å². The highest BCUT2D eigenvalue weighted by molar-refractivity contribution is 7.13. The van der Waals surface area contributed by atoms with Crippen LogP contribution in [-0.2, 0) is 6.54 Å². The summed E-state index contributed by atoms with van der Waals surface area (Å²) in [7, 11) is 4.09. The zero-order valence-electron chi connectivity index (χ0n) is 11.6. The van der Waals surface area contributed by atoms with Crippen molar-refractivity contribution in [3.63, 3.8) is 0 Å². The number of phenolic OH excluding ortho intramolecular Hbond substituents is 1. The first-order valence-electron chi connectivity index (χ1n) is 6.53. The van der Waals surface area contributed by atoms with E-state index in [2.05, 4.69) is 20.5 Å². The minimum absolute atomic E-state index is 0.288. The summed E-state index contributed by atoms with van der Waals surface area (Å²) in [5.74, 6) is 1.22. The highest BCUT2D eigenvalue weighted by Gasteiger charge is 2.15. The molecule has 3 rings (SSSR count). The van der Waals surface area contributed by atoms with E-state index in [0.717, 1.165) is 34.8 Å². The van der Waals surface area contributed by atoms with E-state index in [9.17, 15) is 5.11 Å². The summed E-state index contributed by atoms with van der Waals surface area (Å²) in [6, 6.07) is 9.58. The van der Waals surface area contributed by atoms with Gasteiger partial charge in [0.05, 0.1) is 10.4 Å². The quantitative estimate of drug-likeness (QED) is 0.802. The Bertz CT molecular complexity index is 716. The zero-order chi connectivity index (χ0) is 14.1. The van der Waals surface area contributed by atoms with Crippen LogP contribution in [0.3, 0.4) is 0 Å². The van der Waals surface area contributed by atoms with Gasteiger partial charge >= 0.3 is 0 Å². The number of fused-ring (bicyclic) bond motifs is 1. The summed E-state index contributed by atoms with van der Waals surface area (Å²) in [5.41, 5.74) is 1.66. The van der Waals surface area contributed by atoms with Crippen LogP contribution in [0.1, 0.15) is 0 Å². The van der Waals surface area contributed by atoms with E-state index >= 15 is 0 Å². The predicted octanol–water partition coefficient (Wildman–Crippen LogP) is 3.03. The van der Waals surface area contributed by atoms with Gasteiger partial charge in [-0.05, 0) is 37.7 Å². The molecule has 0 aliphatic carbocycles. The number of aromatic hydroxyl groups is 1. The van der Waals surface area contributed by atoms with Crippen molar-refractivity contribution in [2.24, 2.45) is 0 Å². The molecule has 5 heteroatoms. The average molecular weight is 287 g/mol. The number of benzene rings is 1. The maximum absolute atomic E-state index is 10.2. The summed E-state index contributed by atoms with van der Waals surface area (Å²) >= 11 is 1.67. The van der Waals surface area contributed by atoms with Gasteiger partial charge in [-0.2, -0.15) is 0 Å². The molecule has 2 heterocycles. The van der Waals surface area contributed by atoms with E-state index in [4.69, 9.17) is 0 Å². The Balaban J connectivity index is 2.18. The van der Waals surface area contributed by atoms with E-state index in [1.807, 2.05) is 37.7 Å². The third-order valence-corrected chi connectivity index (χ3v) is 4.12. The molecule has 1 aromatic carbocycles. The molecule has 0 unspecified atom stereocenters. The van der Waals surface area contributed by atoms with Crippen molar-refractivity contribution in [3.8, 4) is 16.5 Å². The second kappa shape index (κ2) is 5.26. The molecule has 4 nitrogen and oxygen atoms in total. The number of phenols is 1. The van der Waals surface area contributed by atoms with Gasteiger partial charge in [-0.15, -0.1) is 11.3 Å². The third kappa shape index (κ3) is 2.30. The van der Waals surface area contributed by atoms with Gasteiger partial charge in [0.25, 0.3) is 0 Å². The Morgan fingerprint density at radius 3 is 2.80 bits per heavy atom. The van der Waals surface area contributed by atoms with Gasteiger partial charge in [-0.3, -0.25) is 0 Å². The molecular formula is C15H17N3OS. The molecule has 1 N–H and O–H groups in total. The first-order valence-corrected chi connectivity index (χ1v) is 7.41. The third-order valence-electron chi connectivity index (χ3n) is 3.26. The van der Waals surface area contributed by atoms with Gasteiger partial charge < -0.3 is 14.6 Å². The molecule has 0 aliphatic rings. The van der Waals surface area contributed by atoms with Crippen LogP contribution in [-0.4, -0.2) is 40.2 Å². The van der Waals surface area contributed by atoms with Crippen molar-refractivity contribution in [2.75, 3.05) is 20.6 Å². The van der Waals surface area contributed by atoms with Crippen LogP contribution in [0.2, 0.25) is 0 Å². The standard InChI is InChI=1S/C15H17N3OS/c1-17(2)8-9-18-14-11(5-3-6-12(14)19)16-15(18)13-7-4-10-20-13/h3-7,10,19H,8-9H2,1-2H3. The number of para-hydroxylation sites is 1. The lowest BCUT2D eigenvalue weighted by Crippen LogP contribution is -2.18. The van der Waals surface area contributed by atoms with Gasteiger partial charge in [-0.25, -0.2) is 4.98 Å². The fraction of sp³-hybridized carbons (Fsp3) is 0.267. The molecular weight excluding hydrogens is 270 g/mol. The van der Waals surface area contributed by atoms with Gasteiger partial charge in [0.2, 0.25) is 0 Å². The summed E-state index contributed by atoms with van der Waals surface area (Å²) in [6.07, 6.45) is 0. The molecule has 0 fully saturated rings. The molecule has 20 heavy (non-hydrogen) atoms. The van der Waals surface area contributed by atoms with Crippen LogP contribution < -0.4 is 0 Å². The normalized spacial score (nSPS) is 11.6. The van der Waals surface area contributed by atoms with Gasteiger partial charge in [-0.1, -0.05) is 12.1 Å². The Kier molecular flexibility index (Phi) is 3.46. The molecule has 0 aliphatic heterocycles. The van der Waals surface area contributed by atoms with Crippen LogP contribution in [0.4, 0.5) is 0 Å². The SMILES string of the molecule is CN(C)CCn1c(-c2cccs2)nc2cccc(O)c21. The number of hydrogen-bond donors (Lipinski definition) is 1. The number of aromatic nitrogens is 2. The fourth-order valence-corrected chi connectivity index (χ4v) is 3.00. The first-order chi connectivity index (χ1) is 9.66. The molecule has 0 radical (unpaired) electrons. The lowest BCUT2D eigenvalue weighted by atomic mass is 10.3. The van der Waals surface area contributed by atoms with E-state index < -0.39 is 0 Å². The Hall–Kier alpha value is -1.85. The van der Waals surface area contributed by atoms with Crippen molar-refractivity contribution in [2.45, 2.75) is 6.54 Å². The largest absolute Gasteiger partial charge is 0.506 e. The monoisotopic (exact) mass is 287 g/mol. The minimum Gasteiger partial charge on any atom is -0.506 e. The number of nitrogens with zero attached hydrogens (tertiary/aromatic N) is 3. The Morgan fingerprint density at radius 1 is 1.25 bits per heavy atom. The number of thiophene rings is 1. The highest BCUT2D eigenvalue weighted by atomic mass is 32.1. The average Bonchev–Trinajstić information content (AvgIpc) is 3.03. The summed E-state index contributed by atoms with van der Waals surface area (Å²) in [5, 5.41) is 12.2. The van der Waals surface area contributed by atoms with E-state index in [-0.39, 0.29) is 5.75 Å². The van der Waals surface area contributed by atoms with E-state index in [1.165, 1.54) is 0 Å². The van der Waals surface area contributed by atoms with Gasteiger partial charge in [0.1, 0.15) is 11.3 Å². The lowest BCUT2D eigenvalue weighted by Gasteiger charge is -2.13. The molecule has 2 aromatic heterocycles. The molecule has 0 saturated carbocycles. The van der Waals surface area contributed by atoms with Crippen LogP contribution in [0.15, 0.2) is 35.7 Å². The Morgan fingerprint density at radius 2 is 2.10 bits per heavy atom. The molecule has 0 saturated heterocycles. The summed E-state index contributed by atoms with van der Waals surface area (Å²) in [4.78, 5) is 7.94. The molecule has 104 valence electrons. The predicted molar refractivity (Wildman–Crippen MR) is 83.3 cm³/mol. The van der Waals surface area contributed by atoms with Gasteiger partial charge in [0, 0.05) is 13.1 Å². The smallest absolute Gasteiger partial charge is 0.151 e. The lowest BCUT2D eigenvalue weighted by molar-refractivity contribution is 0.386. The number of rotatable bonds is 4. The van der Waals surface area contributed by atoms with Crippen molar-refractivity contribution in [1.82, 2.24) is 14.5 Å². The fourth-order valence-electron chi connectivity index (χ4n) is 2.28. The van der Waals surface area contributed by atoms with E-state index in [0.29, 0.717) is 0 Å². The zero-order valence-corrected chi connectivity index (χ0v) is 12.4. The Labute approximate surface area is 121 Å². The van der Waals surface area contributed by atoms with E-state index in [1.54, 1.807) is 17.4 Å². The first kappa shape index (κ1) is 13.1. The second-order valence-corrected chi connectivity index (χ2v) is 5.96. The molecule has 0 atom stereocenters. The molecule has 0 bridgehead atoms. The number of hydrogen-bond acceptors (Lipinski definition) is 4. The molecule has 0 amide bonds. The second-order valence-electron chi connectivity index (χ2n) is 5.01. The highest BCUT2D eigenvalue weighted by Crippen LogP contribution is 2.32. The van der Waals surface area contributed by atoms with Gasteiger partial charge in [0.15, 0.2) is 5.82 Å². The number of imidazole rings is 1. The van der Waals surface area contributed by atoms with Crippen molar-refractivity contribution in [1.29, 1.82) is 0 Å². The van der Waals surface area contributed by atoms with Crippen LogP contribution >= 0.6 is 11.3 Å². The summed E-state index contributed by atoms with van der Waals surface area (Å²) in [6.45, 7) is 1.70. The molecule has 3 aromatic rings. The maximum atomic E-state index is 10.2. The van der Waals surface area contributed by atoms with Crippen molar-refractivity contribution < 1.29 is 5.11 Å². The summed E-state index contributed by atoms with van der Waals surface area (Å²) < 4.78 is 2.11.